The molecular weight excluding hydrogens is 320 g/mol. The summed E-state index contributed by atoms with van der Waals surface area (Å²) in [7, 11) is 0. The molecule has 2 aromatic rings. The second-order valence-corrected chi connectivity index (χ2v) is 4.80. The first-order valence-electron chi connectivity index (χ1n) is 6.46. The number of benzene rings is 1. The van der Waals surface area contributed by atoms with Crippen molar-refractivity contribution in [1.82, 2.24) is 9.36 Å². The molecule has 0 saturated heterocycles. The van der Waals surface area contributed by atoms with Crippen molar-refractivity contribution in [1.29, 1.82) is 0 Å². The Hall–Kier alpha value is -2.22. The zero-order chi connectivity index (χ0) is 16.6. The maximum absolute atomic E-state index is 14.0. The monoisotopic (exact) mass is 331 g/mol. The lowest BCUT2D eigenvalue weighted by molar-refractivity contribution is -0.387. The lowest BCUT2D eigenvalue weighted by Gasteiger charge is -2.07. The van der Waals surface area contributed by atoms with Gasteiger partial charge >= 0.3 is 5.69 Å². The summed E-state index contributed by atoms with van der Waals surface area (Å²) in [4.78, 5) is 22.2. The molecule has 0 atom stereocenters. The maximum atomic E-state index is 14.0. The molecule has 0 saturated carbocycles. The number of halogens is 3. The van der Waals surface area contributed by atoms with Gasteiger partial charge in [-0.3, -0.25) is 19.6 Å². The normalized spacial score (nSPS) is 11.0. The van der Waals surface area contributed by atoms with E-state index in [2.05, 4.69) is 0 Å². The third-order valence-corrected chi connectivity index (χ3v) is 3.66. The molecule has 1 aromatic carbocycles. The van der Waals surface area contributed by atoms with Crippen LogP contribution >= 0.6 is 11.6 Å². The molecule has 0 N–H and O–H groups in total. The van der Waals surface area contributed by atoms with Gasteiger partial charge in [-0.15, -0.1) is 0 Å². The molecular formula is C13H12ClF2N3O3. The van der Waals surface area contributed by atoms with Crippen LogP contribution in [0.4, 0.5) is 14.5 Å². The zero-order valence-corrected chi connectivity index (χ0v) is 12.5. The molecule has 6 nitrogen and oxygen atoms in total. The second-order valence-electron chi connectivity index (χ2n) is 4.44. The molecule has 0 radical (unpaired) electrons. The molecule has 0 unspecified atom stereocenters. The van der Waals surface area contributed by atoms with E-state index < -0.39 is 33.4 Å². The van der Waals surface area contributed by atoms with Gasteiger partial charge in [0, 0.05) is 30.8 Å². The summed E-state index contributed by atoms with van der Waals surface area (Å²) in [5, 5.41) is 10.7. The molecule has 22 heavy (non-hydrogen) atoms. The molecule has 2 rings (SSSR count). The quantitative estimate of drug-likeness (QED) is 0.638. The first-order valence-corrected chi connectivity index (χ1v) is 6.84. The van der Waals surface area contributed by atoms with E-state index in [9.17, 15) is 23.7 Å². The van der Waals surface area contributed by atoms with Crippen LogP contribution in [0.5, 0.6) is 0 Å². The van der Waals surface area contributed by atoms with Gasteiger partial charge in [0.2, 0.25) is 5.82 Å². The van der Waals surface area contributed by atoms with Crippen molar-refractivity contribution in [2.75, 3.05) is 0 Å². The van der Waals surface area contributed by atoms with E-state index in [1.807, 2.05) is 0 Å². The third kappa shape index (κ3) is 2.39. The third-order valence-electron chi connectivity index (χ3n) is 3.27. The zero-order valence-electron chi connectivity index (χ0n) is 11.8. The molecule has 0 spiro atoms. The van der Waals surface area contributed by atoms with E-state index in [0.29, 0.717) is 18.7 Å². The molecule has 0 aliphatic rings. The van der Waals surface area contributed by atoms with Crippen LogP contribution in [0.1, 0.15) is 13.8 Å². The summed E-state index contributed by atoms with van der Waals surface area (Å²) in [5.74, 6) is -2.40. The highest BCUT2D eigenvalue weighted by atomic mass is 35.5. The maximum Gasteiger partial charge on any atom is 0.305 e. The Morgan fingerprint density at radius 3 is 2.23 bits per heavy atom. The predicted octanol–water partition coefficient (Wildman–Crippen LogP) is 3.20. The van der Waals surface area contributed by atoms with E-state index in [1.165, 1.54) is 9.36 Å². The molecule has 1 heterocycles. The SMILES string of the molecule is CCn1c(Cl)c(-c2cc([N+](=O)[O-])c(F)cc2F)c(=O)n1CC. The number of hydrogen-bond donors (Lipinski definition) is 0. The van der Waals surface area contributed by atoms with E-state index in [-0.39, 0.29) is 17.3 Å². The number of nitrogens with zero attached hydrogens (tertiary/aromatic N) is 3. The first-order chi connectivity index (χ1) is 10.3. The van der Waals surface area contributed by atoms with Gasteiger partial charge in [0.25, 0.3) is 5.56 Å². The fourth-order valence-electron chi connectivity index (χ4n) is 2.28. The van der Waals surface area contributed by atoms with Gasteiger partial charge in [0.15, 0.2) is 0 Å². The van der Waals surface area contributed by atoms with Gasteiger partial charge in [-0.1, -0.05) is 11.6 Å². The van der Waals surface area contributed by atoms with Crippen LogP contribution in [0.3, 0.4) is 0 Å². The Labute approximate surface area is 128 Å². The molecule has 0 aliphatic carbocycles. The van der Waals surface area contributed by atoms with Gasteiger partial charge in [-0.05, 0) is 13.8 Å². The van der Waals surface area contributed by atoms with Crippen LogP contribution in [-0.4, -0.2) is 14.3 Å². The topological polar surface area (TPSA) is 70.1 Å². The highest BCUT2D eigenvalue weighted by Crippen LogP contribution is 2.32. The van der Waals surface area contributed by atoms with E-state index in [0.717, 1.165) is 0 Å². The lowest BCUT2D eigenvalue weighted by Crippen LogP contribution is -2.22. The van der Waals surface area contributed by atoms with Crippen molar-refractivity contribution in [2.24, 2.45) is 0 Å². The Kier molecular flexibility index (Phi) is 4.32. The average molecular weight is 332 g/mol. The van der Waals surface area contributed by atoms with Crippen LogP contribution in [0.2, 0.25) is 5.15 Å². The van der Waals surface area contributed by atoms with Gasteiger partial charge in [-0.2, -0.15) is 4.39 Å². The molecule has 0 amide bonds. The van der Waals surface area contributed by atoms with Crippen molar-refractivity contribution < 1.29 is 13.7 Å². The number of rotatable bonds is 4. The average Bonchev–Trinajstić information content (AvgIpc) is 2.69. The second kappa shape index (κ2) is 5.88. The van der Waals surface area contributed by atoms with E-state index >= 15 is 0 Å². The Morgan fingerprint density at radius 2 is 1.77 bits per heavy atom. The number of aromatic nitrogens is 2. The molecule has 1 aromatic heterocycles. The lowest BCUT2D eigenvalue weighted by atomic mass is 10.1. The minimum absolute atomic E-state index is 0.0471. The number of hydrogen-bond acceptors (Lipinski definition) is 3. The minimum atomic E-state index is -1.31. The highest BCUT2D eigenvalue weighted by molar-refractivity contribution is 6.32. The standard InChI is InChI=1S/C13H12ClF2N3O3/c1-3-17-12(14)11(13(20)18(17)4-2)7-5-10(19(21)22)9(16)6-8(7)15/h5-6H,3-4H2,1-2H3. The summed E-state index contributed by atoms with van der Waals surface area (Å²) < 4.78 is 30.1. The van der Waals surface area contributed by atoms with Crippen LogP contribution in [0.15, 0.2) is 16.9 Å². The van der Waals surface area contributed by atoms with Gasteiger partial charge in [-0.25, -0.2) is 9.07 Å². The smallest absolute Gasteiger partial charge is 0.271 e. The summed E-state index contributed by atoms with van der Waals surface area (Å²) >= 11 is 6.10. The van der Waals surface area contributed by atoms with Crippen molar-refractivity contribution >= 4 is 17.3 Å². The summed E-state index contributed by atoms with van der Waals surface area (Å²) in [5.41, 5.74) is -2.11. The number of nitro benzene ring substituents is 1. The van der Waals surface area contributed by atoms with Crippen LogP contribution in [0.25, 0.3) is 11.1 Å². The van der Waals surface area contributed by atoms with Gasteiger partial charge in [0.1, 0.15) is 11.0 Å². The molecule has 0 fully saturated rings. The van der Waals surface area contributed by atoms with Gasteiger partial charge in [0.05, 0.1) is 10.5 Å². The van der Waals surface area contributed by atoms with E-state index in [1.54, 1.807) is 13.8 Å². The van der Waals surface area contributed by atoms with Crippen molar-refractivity contribution in [3.05, 3.63) is 49.4 Å². The summed E-state index contributed by atoms with van der Waals surface area (Å²) in [6, 6.07) is 1.07. The highest BCUT2D eigenvalue weighted by Gasteiger charge is 2.25. The van der Waals surface area contributed by atoms with Crippen molar-refractivity contribution in [3.63, 3.8) is 0 Å². The summed E-state index contributed by atoms with van der Waals surface area (Å²) in [6.45, 7) is 4.09. The Morgan fingerprint density at radius 1 is 1.18 bits per heavy atom. The molecule has 118 valence electrons. The van der Waals surface area contributed by atoms with Crippen LogP contribution in [0, 0.1) is 21.7 Å². The fraction of sp³-hybridized carbons (Fsp3) is 0.308. The minimum Gasteiger partial charge on any atom is -0.271 e. The van der Waals surface area contributed by atoms with Crippen LogP contribution < -0.4 is 5.56 Å². The van der Waals surface area contributed by atoms with Crippen molar-refractivity contribution in [3.8, 4) is 11.1 Å². The first kappa shape index (κ1) is 16.2. The van der Waals surface area contributed by atoms with Crippen molar-refractivity contribution in [2.45, 2.75) is 26.9 Å². The largest absolute Gasteiger partial charge is 0.305 e. The van der Waals surface area contributed by atoms with E-state index in [4.69, 9.17) is 11.6 Å². The number of nitro groups is 1. The molecule has 0 aliphatic heterocycles. The molecule has 9 heteroatoms. The fourth-order valence-corrected chi connectivity index (χ4v) is 2.67. The Balaban J connectivity index is 2.83. The van der Waals surface area contributed by atoms with Gasteiger partial charge < -0.3 is 0 Å². The predicted molar refractivity (Wildman–Crippen MR) is 77.1 cm³/mol. The van der Waals surface area contributed by atoms with Crippen LogP contribution in [-0.2, 0) is 13.1 Å². The Bertz CT molecular complexity index is 814. The summed E-state index contributed by atoms with van der Waals surface area (Å²) in [6.07, 6.45) is 0. The molecule has 0 bridgehead atoms.